The lowest BCUT2D eigenvalue weighted by Gasteiger charge is -2.25. The van der Waals surface area contributed by atoms with Crippen LogP contribution < -0.4 is 10.2 Å². The molecule has 0 unspecified atom stereocenters. The lowest BCUT2D eigenvalue weighted by Crippen LogP contribution is -2.30. The topological polar surface area (TPSA) is 33.7 Å². The quantitative estimate of drug-likeness (QED) is 0.637. The van der Waals surface area contributed by atoms with E-state index < -0.39 is 0 Å². The normalized spacial score (nSPS) is 10.9. The van der Waals surface area contributed by atoms with Crippen LogP contribution in [0.5, 0.6) is 0 Å². The van der Waals surface area contributed by atoms with Gasteiger partial charge in [0.1, 0.15) is 0 Å². The van der Waals surface area contributed by atoms with Gasteiger partial charge >= 0.3 is 0 Å². The molecule has 120 valence electrons. The van der Waals surface area contributed by atoms with E-state index in [4.69, 9.17) is 21.1 Å². The molecule has 21 heavy (non-hydrogen) atoms. The summed E-state index contributed by atoms with van der Waals surface area (Å²) < 4.78 is 10.3. The molecule has 0 aromatic heterocycles. The molecule has 0 aliphatic carbocycles. The van der Waals surface area contributed by atoms with E-state index in [0.717, 1.165) is 43.3 Å². The van der Waals surface area contributed by atoms with Crippen molar-refractivity contribution in [1.82, 2.24) is 5.32 Å². The Bertz CT molecular complexity index is 394. The number of ether oxygens (including phenoxy) is 2. The maximum absolute atomic E-state index is 6.44. The summed E-state index contributed by atoms with van der Waals surface area (Å²) in [5.74, 6) is 0. The second kappa shape index (κ2) is 10.9. The van der Waals surface area contributed by atoms with Gasteiger partial charge in [-0.05, 0) is 30.7 Å². The molecule has 1 aromatic carbocycles. The van der Waals surface area contributed by atoms with E-state index in [9.17, 15) is 0 Å². The van der Waals surface area contributed by atoms with Crippen molar-refractivity contribution in [3.8, 4) is 0 Å². The van der Waals surface area contributed by atoms with Crippen LogP contribution in [-0.4, -0.2) is 47.1 Å². The van der Waals surface area contributed by atoms with Gasteiger partial charge in [-0.3, -0.25) is 0 Å². The highest BCUT2D eigenvalue weighted by atomic mass is 35.5. The zero-order chi connectivity index (χ0) is 15.5. The van der Waals surface area contributed by atoms with Crippen molar-refractivity contribution in [2.45, 2.75) is 19.9 Å². The SMILES string of the molecule is CCCNCc1ccc(N(CCOC)CCOC)c(Cl)c1. The summed E-state index contributed by atoms with van der Waals surface area (Å²) in [6, 6.07) is 6.24. The fourth-order valence-corrected chi connectivity index (χ4v) is 2.40. The first-order chi connectivity index (χ1) is 10.2. The number of hydrogen-bond donors (Lipinski definition) is 1. The molecule has 4 nitrogen and oxygen atoms in total. The average molecular weight is 315 g/mol. The van der Waals surface area contributed by atoms with E-state index in [1.54, 1.807) is 14.2 Å². The van der Waals surface area contributed by atoms with E-state index in [0.29, 0.717) is 13.2 Å². The van der Waals surface area contributed by atoms with E-state index in [1.165, 1.54) is 5.56 Å². The van der Waals surface area contributed by atoms with Gasteiger partial charge in [-0.2, -0.15) is 0 Å². The summed E-state index contributed by atoms with van der Waals surface area (Å²) in [6.45, 7) is 6.96. The minimum Gasteiger partial charge on any atom is -0.383 e. The third-order valence-corrected chi connectivity index (χ3v) is 3.54. The molecular weight excluding hydrogens is 288 g/mol. The maximum Gasteiger partial charge on any atom is 0.0642 e. The highest BCUT2D eigenvalue weighted by Crippen LogP contribution is 2.26. The summed E-state index contributed by atoms with van der Waals surface area (Å²) in [7, 11) is 3.41. The molecule has 5 heteroatoms. The van der Waals surface area contributed by atoms with Crippen LogP contribution in [0.25, 0.3) is 0 Å². The number of anilines is 1. The van der Waals surface area contributed by atoms with E-state index in [2.05, 4.69) is 29.3 Å². The molecule has 0 aliphatic rings. The number of methoxy groups -OCH3 is 2. The van der Waals surface area contributed by atoms with Crippen LogP contribution in [0.2, 0.25) is 5.02 Å². The Morgan fingerprint density at radius 2 is 1.81 bits per heavy atom. The van der Waals surface area contributed by atoms with Crippen LogP contribution in [0.3, 0.4) is 0 Å². The molecule has 0 spiro atoms. The zero-order valence-corrected chi connectivity index (χ0v) is 14.1. The predicted molar refractivity (Wildman–Crippen MR) is 89.4 cm³/mol. The van der Waals surface area contributed by atoms with Gasteiger partial charge < -0.3 is 19.7 Å². The van der Waals surface area contributed by atoms with Gasteiger partial charge in [0.15, 0.2) is 0 Å². The van der Waals surface area contributed by atoms with Crippen LogP contribution in [0.4, 0.5) is 5.69 Å². The number of nitrogens with zero attached hydrogens (tertiary/aromatic N) is 1. The minimum absolute atomic E-state index is 0.667. The fraction of sp³-hybridized carbons (Fsp3) is 0.625. The van der Waals surface area contributed by atoms with Gasteiger partial charge in [0, 0.05) is 33.9 Å². The summed E-state index contributed by atoms with van der Waals surface area (Å²) in [4.78, 5) is 2.19. The van der Waals surface area contributed by atoms with Crippen molar-refractivity contribution >= 4 is 17.3 Å². The van der Waals surface area contributed by atoms with E-state index >= 15 is 0 Å². The number of rotatable bonds is 11. The Labute approximate surface area is 133 Å². The molecule has 1 rings (SSSR count). The number of nitrogens with one attached hydrogen (secondary N) is 1. The van der Waals surface area contributed by atoms with Gasteiger partial charge in [0.05, 0.1) is 23.9 Å². The Hall–Kier alpha value is -0.810. The number of benzene rings is 1. The lowest BCUT2D eigenvalue weighted by atomic mass is 10.2. The maximum atomic E-state index is 6.44. The smallest absolute Gasteiger partial charge is 0.0642 e. The third kappa shape index (κ3) is 6.66. The van der Waals surface area contributed by atoms with Crippen LogP contribution >= 0.6 is 11.6 Å². The molecule has 1 aromatic rings. The number of halogens is 1. The van der Waals surface area contributed by atoms with Gasteiger partial charge in [0.25, 0.3) is 0 Å². The van der Waals surface area contributed by atoms with Crippen LogP contribution in [0, 0.1) is 0 Å². The van der Waals surface area contributed by atoms with Gasteiger partial charge in [-0.25, -0.2) is 0 Å². The van der Waals surface area contributed by atoms with Crippen molar-refractivity contribution in [2.24, 2.45) is 0 Å². The van der Waals surface area contributed by atoms with Crippen molar-refractivity contribution in [3.63, 3.8) is 0 Å². The third-order valence-electron chi connectivity index (χ3n) is 3.24. The first kappa shape index (κ1) is 18.2. The minimum atomic E-state index is 0.667. The molecule has 0 fully saturated rings. The first-order valence-corrected chi connectivity index (χ1v) is 7.82. The lowest BCUT2D eigenvalue weighted by molar-refractivity contribution is 0.190. The molecule has 0 heterocycles. The molecular formula is C16H27ClN2O2. The van der Waals surface area contributed by atoms with E-state index in [-0.39, 0.29) is 0 Å². The summed E-state index contributed by atoms with van der Waals surface area (Å²) >= 11 is 6.44. The standard InChI is InChI=1S/C16H27ClN2O2/c1-4-7-18-13-14-5-6-16(15(17)12-14)19(8-10-20-2)9-11-21-3/h5-6,12,18H,4,7-11,13H2,1-3H3. The molecule has 0 saturated heterocycles. The first-order valence-electron chi connectivity index (χ1n) is 7.44. The summed E-state index contributed by atoms with van der Waals surface area (Å²) in [6.07, 6.45) is 1.13. The summed E-state index contributed by atoms with van der Waals surface area (Å²) in [5, 5.41) is 4.16. The van der Waals surface area contributed by atoms with Gasteiger partial charge in [-0.15, -0.1) is 0 Å². The largest absolute Gasteiger partial charge is 0.383 e. The molecule has 0 saturated carbocycles. The fourth-order valence-electron chi connectivity index (χ4n) is 2.08. The molecule has 1 N–H and O–H groups in total. The molecule has 0 bridgehead atoms. The average Bonchev–Trinajstić information content (AvgIpc) is 2.49. The summed E-state index contributed by atoms with van der Waals surface area (Å²) in [5.41, 5.74) is 2.24. The van der Waals surface area contributed by atoms with Gasteiger partial charge in [-0.1, -0.05) is 24.6 Å². The van der Waals surface area contributed by atoms with Crippen molar-refractivity contribution in [3.05, 3.63) is 28.8 Å². The highest BCUT2D eigenvalue weighted by molar-refractivity contribution is 6.33. The Morgan fingerprint density at radius 1 is 1.14 bits per heavy atom. The van der Waals surface area contributed by atoms with Crippen molar-refractivity contribution in [2.75, 3.05) is 52.0 Å². The monoisotopic (exact) mass is 314 g/mol. The van der Waals surface area contributed by atoms with Crippen LogP contribution in [-0.2, 0) is 16.0 Å². The molecule has 0 aliphatic heterocycles. The Morgan fingerprint density at radius 3 is 2.33 bits per heavy atom. The number of hydrogen-bond acceptors (Lipinski definition) is 4. The van der Waals surface area contributed by atoms with Crippen LogP contribution in [0.15, 0.2) is 18.2 Å². The predicted octanol–water partition coefficient (Wildman–Crippen LogP) is 2.94. The molecule has 0 amide bonds. The van der Waals surface area contributed by atoms with Crippen molar-refractivity contribution < 1.29 is 9.47 Å². The molecule has 0 atom stereocenters. The Kier molecular flexibility index (Phi) is 9.42. The van der Waals surface area contributed by atoms with Crippen LogP contribution in [0.1, 0.15) is 18.9 Å². The van der Waals surface area contributed by atoms with Crippen molar-refractivity contribution in [1.29, 1.82) is 0 Å². The highest BCUT2D eigenvalue weighted by Gasteiger charge is 2.10. The van der Waals surface area contributed by atoms with Gasteiger partial charge in [0.2, 0.25) is 0 Å². The second-order valence-corrected chi connectivity index (χ2v) is 5.34. The second-order valence-electron chi connectivity index (χ2n) is 4.94. The molecule has 0 radical (unpaired) electrons. The van der Waals surface area contributed by atoms with E-state index in [1.807, 2.05) is 6.07 Å². The zero-order valence-electron chi connectivity index (χ0n) is 13.3. The Balaban J connectivity index is 2.73.